The molecule has 0 saturated carbocycles. The Kier molecular flexibility index (Phi) is 3.88. The van der Waals surface area contributed by atoms with Gasteiger partial charge in [0.1, 0.15) is 0 Å². The second kappa shape index (κ2) is 4.97. The van der Waals surface area contributed by atoms with E-state index < -0.39 is 0 Å². The number of hydrogen-bond acceptors (Lipinski definition) is 1. The van der Waals surface area contributed by atoms with Gasteiger partial charge < -0.3 is 5.32 Å². The lowest BCUT2D eigenvalue weighted by Crippen LogP contribution is -2.17. The molecule has 0 atom stereocenters. The second-order valence-electron chi connectivity index (χ2n) is 4.78. The predicted molar refractivity (Wildman–Crippen MR) is 68.6 cm³/mol. The fraction of sp³-hybridized carbons (Fsp3) is 0.357. The van der Waals surface area contributed by atoms with Crippen molar-refractivity contribution in [3.05, 3.63) is 42.0 Å². The van der Waals surface area contributed by atoms with Gasteiger partial charge in [0.15, 0.2) is 0 Å². The Morgan fingerprint density at radius 2 is 1.88 bits per heavy atom. The Bertz CT molecular complexity index is 399. The summed E-state index contributed by atoms with van der Waals surface area (Å²) in [4.78, 5) is 11.5. The Morgan fingerprint density at radius 1 is 1.25 bits per heavy atom. The molecule has 2 heteroatoms. The molecule has 0 aliphatic rings. The van der Waals surface area contributed by atoms with E-state index in [-0.39, 0.29) is 11.3 Å². The van der Waals surface area contributed by atoms with Crippen molar-refractivity contribution in [1.82, 2.24) is 0 Å². The van der Waals surface area contributed by atoms with Gasteiger partial charge in [-0.3, -0.25) is 4.79 Å². The minimum absolute atomic E-state index is 0.0276. The van der Waals surface area contributed by atoms with Gasteiger partial charge in [-0.2, -0.15) is 0 Å². The van der Waals surface area contributed by atoms with E-state index in [9.17, 15) is 4.79 Å². The van der Waals surface area contributed by atoms with Crippen LogP contribution in [0.25, 0.3) is 0 Å². The van der Waals surface area contributed by atoms with Crippen molar-refractivity contribution in [2.24, 2.45) is 0 Å². The number of carbonyl (C=O) groups excluding carboxylic acids is 1. The molecule has 0 aliphatic carbocycles. The van der Waals surface area contributed by atoms with E-state index >= 15 is 0 Å². The summed E-state index contributed by atoms with van der Waals surface area (Å²) in [5.74, 6) is -0.0841. The molecule has 1 amide bonds. The normalized spacial score (nSPS) is 11.8. The number of nitrogens with one attached hydrogen (secondary N) is 1. The number of allylic oxidation sites excluding steroid dienone is 1. The molecular formula is C14H19NO. The first kappa shape index (κ1) is 12.5. The number of anilines is 1. The SMILES string of the molecule is C/C=C/C(=O)Nc1ccccc1C(C)(C)C. The first-order valence-electron chi connectivity index (χ1n) is 5.48. The van der Waals surface area contributed by atoms with Crippen LogP contribution in [0.1, 0.15) is 33.3 Å². The van der Waals surface area contributed by atoms with Crippen molar-refractivity contribution in [2.45, 2.75) is 33.1 Å². The third-order valence-corrected chi connectivity index (χ3v) is 2.31. The van der Waals surface area contributed by atoms with Crippen LogP contribution in [0.15, 0.2) is 36.4 Å². The standard InChI is InChI=1S/C14H19NO/c1-5-8-13(16)15-12-10-7-6-9-11(12)14(2,3)4/h5-10H,1-4H3,(H,15,16)/b8-5+. The maximum atomic E-state index is 11.5. The van der Waals surface area contributed by atoms with Crippen LogP contribution in [0.5, 0.6) is 0 Å². The van der Waals surface area contributed by atoms with Crippen molar-refractivity contribution in [3.63, 3.8) is 0 Å². The minimum atomic E-state index is -0.0841. The lowest BCUT2D eigenvalue weighted by atomic mass is 9.86. The zero-order valence-corrected chi connectivity index (χ0v) is 10.4. The lowest BCUT2D eigenvalue weighted by molar-refractivity contribution is -0.111. The van der Waals surface area contributed by atoms with E-state index in [1.807, 2.05) is 31.2 Å². The van der Waals surface area contributed by atoms with E-state index in [2.05, 4.69) is 26.1 Å². The Labute approximate surface area is 97.4 Å². The fourth-order valence-corrected chi connectivity index (χ4v) is 1.57. The predicted octanol–water partition coefficient (Wildman–Crippen LogP) is 3.50. The highest BCUT2D eigenvalue weighted by Gasteiger charge is 2.17. The highest BCUT2D eigenvalue weighted by molar-refractivity contribution is 5.99. The number of para-hydroxylation sites is 1. The number of hydrogen-bond donors (Lipinski definition) is 1. The van der Waals surface area contributed by atoms with Crippen molar-refractivity contribution >= 4 is 11.6 Å². The number of rotatable bonds is 2. The van der Waals surface area contributed by atoms with E-state index in [0.29, 0.717) is 0 Å². The monoisotopic (exact) mass is 217 g/mol. The van der Waals surface area contributed by atoms with Gasteiger partial charge in [0.2, 0.25) is 5.91 Å². The van der Waals surface area contributed by atoms with Crippen LogP contribution in [0.4, 0.5) is 5.69 Å². The summed E-state index contributed by atoms with van der Waals surface area (Å²) in [6.45, 7) is 8.23. The summed E-state index contributed by atoms with van der Waals surface area (Å²) < 4.78 is 0. The van der Waals surface area contributed by atoms with Gasteiger partial charge in [0, 0.05) is 5.69 Å². The third-order valence-electron chi connectivity index (χ3n) is 2.31. The van der Waals surface area contributed by atoms with Crippen LogP contribution in [0.2, 0.25) is 0 Å². The smallest absolute Gasteiger partial charge is 0.248 e. The number of carbonyl (C=O) groups is 1. The molecular weight excluding hydrogens is 198 g/mol. The van der Waals surface area contributed by atoms with Crippen LogP contribution < -0.4 is 5.32 Å². The quantitative estimate of drug-likeness (QED) is 0.755. The molecule has 1 N–H and O–H groups in total. The van der Waals surface area contributed by atoms with Crippen molar-refractivity contribution in [3.8, 4) is 0 Å². The van der Waals surface area contributed by atoms with Crippen molar-refractivity contribution in [2.75, 3.05) is 5.32 Å². The van der Waals surface area contributed by atoms with Crippen molar-refractivity contribution in [1.29, 1.82) is 0 Å². The molecule has 0 spiro atoms. The Balaban J connectivity index is 3.01. The van der Waals surface area contributed by atoms with E-state index in [1.165, 1.54) is 6.08 Å². The van der Waals surface area contributed by atoms with Crippen LogP contribution in [-0.2, 0) is 10.2 Å². The summed E-state index contributed by atoms with van der Waals surface area (Å²) in [5, 5.41) is 2.89. The summed E-state index contributed by atoms with van der Waals surface area (Å²) in [5.41, 5.74) is 2.06. The molecule has 0 unspecified atom stereocenters. The van der Waals surface area contributed by atoms with Crippen LogP contribution in [-0.4, -0.2) is 5.91 Å². The van der Waals surface area contributed by atoms with E-state index in [4.69, 9.17) is 0 Å². The Morgan fingerprint density at radius 3 is 2.44 bits per heavy atom. The molecule has 16 heavy (non-hydrogen) atoms. The average molecular weight is 217 g/mol. The highest BCUT2D eigenvalue weighted by Crippen LogP contribution is 2.29. The molecule has 1 rings (SSSR count). The van der Waals surface area contributed by atoms with Gasteiger partial charge in [0.05, 0.1) is 0 Å². The maximum absolute atomic E-state index is 11.5. The van der Waals surface area contributed by atoms with Crippen molar-refractivity contribution < 1.29 is 4.79 Å². The molecule has 1 aromatic rings. The van der Waals surface area contributed by atoms with Crippen LogP contribution in [0, 0.1) is 0 Å². The molecule has 0 bridgehead atoms. The van der Waals surface area contributed by atoms with Crippen LogP contribution in [0.3, 0.4) is 0 Å². The summed E-state index contributed by atoms with van der Waals surface area (Å²) in [6.07, 6.45) is 3.26. The first-order chi connectivity index (χ1) is 7.45. The zero-order chi connectivity index (χ0) is 12.2. The molecule has 0 radical (unpaired) electrons. The van der Waals surface area contributed by atoms with Crippen LogP contribution >= 0.6 is 0 Å². The largest absolute Gasteiger partial charge is 0.322 e. The summed E-state index contributed by atoms with van der Waals surface area (Å²) in [6, 6.07) is 7.90. The first-order valence-corrected chi connectivity index (χ1v) is 5.48. The topological polar surface area (TPSA) is 29.1 Å². The van der Waals surface area contributed by atoms with Gasteiger partial charge in [-0.15, -0.1) is 0 Å². The number of amides is 1. The summed E-state index contributed by atoms with van der Waals surface area (Å²) in [7, 11) is 0. The van der Waals surface area contributed by atoms with Gasteiger partial charge in [-0.05, 0) is 30.0 Å². The van der Waals surface area contributed by atoms with Gasteiger partial charge >= 0.3 is 0 Å². The summed E-state index contributed by atoms with van der Waals surface area (Å²) >= 11 is 0. The van der Waals surface area contributed by atoms with Gasteiger partial charge in [-0.1, -0.05) is 45.0 Å². The molecule has 0 saturated heterocycles. The lowest BCUT2D eigenvalue weighted by Gasteiger charge is -2.22. The molecule has 0 heterocycles. The Hall–Kier alpha value is -1.57. The van der Waals surface area contributed by atoms with Gasteiger partial charge in [0.25, 0.3) is 0 Å². The highest BCUT2D eigenvalue weighted by atomic mass is 16.1. The molecule has 86 valence electrons. The molecule has 0 aromatic heterocycles. The zero-order valence-electron chi connectivity index (χ0n) is 10.4. The molecule has 0 aliphatic heterocycles. The molecule has 1 aromatic carbocycles. The third kappa shape index (κ3) is 3.23. The fourth-order valence-electron chi connectivity index (χ4n) is 1.57. The van der Waals surface area contributed by atoms with E-state index in [1.54, 1.807) is 6.08 Å². The maximum Gasteiger partial charge on any atom is 0.248 e. The van der Waals surface area contributed by atoms with Gasteiger partial charge in [-0.25, -0.2) is 0 Å². The second-order valence-corrected chi connectivity index (χ2v) is 4.78. The average Bonchev–Trinajstić information content (AvgIpc) is 2.17. The molecule has 0 fully saturated rings. The minimum Gasteiger partial charge on any atom is -0.322 e. The molecule has 2 nitrogen and oxygen atoms in total. The van der Waals surface area contributed by atoms with E-state index in [0.717, 1.165) is 11.3 Å². The number of benzene rings is 1.